The van der Waals surface area contributed by atoms with Crippen LogP contribution in [0.5, 0.6) is 5.88 Å². The molecule has 12 heteroatoms. The third kappa shape index (κ3) is 5.37. The Labute approximate surface area is 252 Å². The van der Waals surface area contributed by atoms with Gasteiger partial charge in [0.2, 0.25) is 11.8 Å². The van der Waals surface area contributed by atoms with Crippen molar-refractivity contribution in [2.75, 3.05) is 19.0 Å². The van der Waals surface area contributed by atoms with E-state index in [1.807, 2.05) is 19.9 Å². The van der Waals surface area contributed by atoms with Crippen LogP contribution < -0.4 is 15.9 Å². The van der Waals surface area contributed by atoms with Crippen molar-refractivity contribution in [2.45, 2.75) is 70.9 Å². The maximum absolute atomic E-state index is 15.2. The molecular formula is C32H34FN3O8. The van der Waals surface area contributed by atoms with Crippen LogP contribution in [-0.2, 0) is 44.0 Å². The van der Waals surface area contributed by atoms with Gasteiger partial charge in [-0.1, -0.05) is 13.8 Å². The van der Waals surface area contributed by atoms with Crippen LogP contribution in [0.25, 0.3) is 0 Å². The van der Waals surface area contributed by atoms with E-state index in [1.165, 1.54) is 25.0 Å². The molecule has 1 atom stereocenters. The third-order valence-corrected chi connectivity index (χ3v) is 9.06. The zero-order valence-electron chi connectivity index (χ0n) is 25.0. The van der Waals surface area contributed by atoms with Gasteiger partial charge in [-0.05, 0) is 67.3 Å². The first-order chi connectivity index (χ1) is 20.9. The highest BCUT2D eigenvalue weighted by Gasteiger charge is 2.46. The van der Waals surface area contributed by atoms with Crippen LogP contribution in [0.4, 0.5) is 10.1 Å². The van der Waals surface area contributed by atoms with Gasteiger partial charge in [-0.2, -0.15) is 0 Å². The summed E-state index contributed by atoms with van der Waals surface area (Å²) in [6.45, 7) is 5.54. The zero-order chi connectivity index (χ0) is 31.3. The molecule has 1 aromatic carbocycles. The molecular weight excluding hydrogens is 573 g/mol. The van der Waals surface area contributed by atoms with E-state index in [1.54, 1.807) is 12.1 Å². The van der Waals surface area contributed by atoms with Crippen molar-refractivity contribution < 1.29 is 37.1 Å². The minimum Gasteiger partial charge on any atom is -0.481 e. The van der Waals surface area contributed by atoms with Crippen LogP contribution in [0.2, 0.25) is 0 Å². The molecule has 1 N–H and O–H groups in total. The van der Waals surface area contributed by atoms with E-state index in [0.717, 1.165) is 12.0 Å². The van der Waals surface area contributed by atoms with Gasteiger partial charge in [-0.3, -0.25) is 14.4 Å². The second-order valence-corrected chi connectivity index (χ2v) is 12.3. The number of halogens is 1. The van der Waals surface area contributed by atoms with Gasteiger partial charge in [0, 0.05) is 36.2 Å². The van der Waals surface area contributed by atoms with Gasteiger partial charge in [0.1, 0.15) is 11.9 Å². The number of esters is 1. The molecule has 6 rings (SSSR count). The highest BCUT2D eigenvalue weighted by atomic mass is 19.1. The Morgan fingerprint density at radius 2 is 1.91 bits per heavy atom. The summed E-state index contributed by atoms with van der Waals surface area (Å²) in [5.41, 5.74) is 2.81. The fraction of sp³-hybridized carbons (Fsp3) is 0.469. The number of nitrogens with zero attached hydrogens (tertiary/aromatic N) is 2. The normalized spacial score (nSPS) is 21.6. The largest absolute Gasteiger partial charge is 0.519 e. The van der Waals surface area contributed by atoms with Crippen LogP contribution in [0, 0.1) is 24.6 Å². The number of methoxy groups -OCH3 is 1. The molecule has 232 valence electrons. The van der Waals surface area contributed by atoms with Crippen molar-refractivity contribution in [3.05, 3.63) is 74.6 Å². The average Bonchev–Trinajstić information content (AvgIpc) is 3.45. The fourth-order valence-corrected chi connectivity index (χ4v) is 6.58. The standard InChI is InChI=1S/C32H34FN3O8/c1-16-24(44-31(40)43-16)15-42-30(39)19-11-18(12-19)29(38)36-10-8-23-21(5-6-25(35-23)41-4)27(36)28(37)34-20-13-17-7-9-32(2,3)26(17)22(33)14-20/h5-6,13-14,18-19,27H,7-12,15H2,1-4H3,(H,34,37). The van der Waals surface area contributed by atoms with E-state index in [9.17, 15) is 19.2 Å². The van der Waals surface area contributed by atoms with Crippen LogP contribution in [0.1, 0.15) is 73.1 Å². The van der Waals surface area contributed by atoms with Gasteiger partial charge >= 0.3 is 11.8 Å². The molecule has 3 aromatic rings. The number of nitrogens with one attached hydrogen (secondary N) is 1. The van der Waals surface area contributed by atoms with Crippen molar-refractivity contribution in [1.82, 2.24) is 9.88 Å². The number of benzene rings is 1. The Morgan fingerprint density at radius 3 is 2.61 bits per heavy atom. The molecule has 44 heavy (non-hydrogen) atoms. The van der Waals surface area contributed by atoms with Gasteiger partial charge in [-0.15, -0.1) is 0 Å². The van der Waals surface area contributed by atoms with Crippen LogP contribution in [0.15, 0.2) is 37.9 Å². The lowest BCUT2D eigenvalue weighted by atomic mass is 9.73. The summed E-state index contributed by atoms with van der Waals surface area (Å²) >= 11 is 0. The lowest BCUT2D eigenvalue weighted by Gasteiger charge is -2.41. The van der Waals surface area contributed by atoms with Crippen LogP contribution in [-0.4, -0.2) is 41.3 Å². The lowest BCUT2D eigenvalue weighted by molar-refractivity contribution is -0.159. The number of anilines is 1. The summed E-state index contributed by atoms with van der Waals surface area (Å²) < 4.78 is 35.4. The fourth-order valence-electron chi connectivity index (χ4n) is 6.58. The number of ether oxygens (including phenoxy) is 2. The van der Waals surface area contributed by atoms with Crippen LogP contribution >= 0.6 is 0 Å². The Balaban J connectivity index is 1.18. The number of rotatable bonds is 7. The van der Waals surface area contributed by atoms with Gasteiger partial charge < -0.3 is 28.5 Å². The van der Waals surface area contributed by atoms with E-state index < -0.39 is 35.6 Å². The van der Waals surface area contributed by atoms with E-state index in [4.69, 9.17) is 18.3 Å². The molecule has 1 aliphatic heterocycles. The zero-order valence-corrected chi connectivity index (χ0v) is 25.0. The number of carbonyl (C=O) groups is 3. The highest BCUT2D eigenvalue weighted by molar-refractivity contribution is 5.99. The summed E-state index contributed by atoms with van der Waals surface area (Å²) in [5, 5.41) is 2.86. The lowest BCUT2D eigenvalue weighted by Crippen LogP contribution is -2.50. The van der Waals surface area contributed by atoms with Gasteiger partial charge in [0.25, 0.3) is 5.91 Å². The predicted octanol–water partition coefficient (Wildman–Crippen LogP) is 4.14. The van der Waals surface area contributed by atoms with Crippen LogP contribution in [0.3, 0.4) is 0 Å². The molecule has 1 fully saturated rings. The van der Waals surface area contributed by atoms with E-state index in [-0.39, 0.29) is 54.7 Å². The van der Waals surface area contributed by atoms with Crippen molar-refractivity contribution in [1.29, 1.82) is 0 Å². The predicted molar refractivity (Wildman–Crippen MR) is 153 cm³/mol. The first-order valence-electron chi connectivity index (χ1n) is 14.7. The summed E-state index contributed by atoms with van der Waals surface area (Å²) in [6, 6.07) is 5.52. The number of carbonyl (C=O) groups excluding carboxylic acids is 3. The maximum atomic E-state index is 15.2. The number of amides is 2. The second-order valence-electron chi connectivity index (χ2n) is 12.3. The number of hydrogen-bond donors (Lipinski definition) is 1. The SMILES string of the molecule is COc1ccc2c(n1)CCN(C(=O)C1CC(C(=O)OCc3oc(=O)oc3C)C1)C2C(=O)Nc1cc(F)c2c(c1)CCC2(C)C. The quantitative estimate of drug-likeness (QED) is 0.392. The minimum absolute atomic E-state index is 0.133. The number of pyridine rings is 1. The van der Waals surface area contributed by atoms with Crippen molar-refractivity contribution in [3.63, 3.8) is 0 Å². The molecule has 0 radical (unpaired) electrons. The molecule has 2 amide bonds. The topological polar surface area (TPSA) is 141 Å². The second kappa shape index (κ2) is 11.2. The van der Waals surface area contributed by atoms with Gasteiger partial charge in [-0.25, -0.2) is 14.2 Å². The van der Waals surface area contributed by atoms with Crippen molar-refractivity contribution >= 4 is 23.5 Å². The molecule has 3 heterocycles. The number of aryl methyl sites for hydroxylation is 2. The highest BCUT2D eigenvalue weighted by Crippen LogP contribution is 2.42. The molecule has 3 aliphatic rings. The van der Waals surface area contributed by atoms with Crippen molar-refractivity contribution in [2.24, 2.45) is 11.8 Å². The van der Waals surface area contributed by atoms with E-state index in [0.29, 0.717) is 41.2 Å². The molecule has 1 unspecified atom stereocenters. The minimum atomic E-state index is -1.00. The number of fused-ring (bicyclic) bond motifs is 2. The summed E-state index contributed by atoms with van der Waals surface area (Å²) in [4.78, 5) is 57.5. The van der Waals surface area contributed by atoms with E-state index in [2.05, 4.69) is 10.3 Å². The number of hydrogen-bond acceptors (Lipinski definition) is 9. The molecule has 11 nitrogen and oxygen atoms in total. The molecule has 1 saturated carbocycles. The smallest absolute Gasteiger partial charge is 0.481 e. The molecule has 0 saturated heterocycles. The molecule has 0 spiro atoms. The third-order valence-electron chi connectivity index (χ3n) is 9.06. The summed E-state index contributed by atoms with van der Waals surface area (Å²) in [5.74, 6) is -2.69. The van der Waals surface area contributed by atoms with E-state index >= 15 is 4.39 Å². The first-order valence-corrected chi connectivity index (χ1v) is 14.7. The van der Waals surface area contributed by atoms with Gasteiger partial charge in [0.15, 0.2) is 18.1 Å². The Bertz CT molecular complexity index is 1700. The molecule has 0 bridgehead atoms. The van der Waals surface area contributed by atoms with Crippen molar-refractivity contribution in [3.8, 4) is 5.88 Å². The first kappa shape index (κ1) is 29.6. The molecule has 2 aliphatic carbocycles. The molecule has 2 aromatic heterocycles. The maximum Gasteiger partial charge on any atom is 0.519 e. The average molecular weight is 608 g/mol. The number of aromatic nitrogens is 1. The monoisotopic (exact) mass is 607 g/mol. The Hall–Kier alpha value is -4.48. The Morgan fingerprint density at radius 1 is 1.14 bits per heavy atom. The summed E-state index contributed by atoms with van der Waals surface area (Å²) in [6.07, 6.45) is 2.47. The Kier molecular flexibility index (Phi) is 7.54. The van der Waals surface area contributed by atoms with Gasteiger partial charge in [0.05, 0.1) is 18.7 Å². The summed E-state index contributed by atoms with van der Waals surface area (Å²) in [7, 11) is 1.51.